The number of hydrogen-bond acceptors (Lipinski definition) is 0. The van der Waals surface area contributed by atoms with E-state index in [0.29, 0.717) is 0 Å². The van der Waals surface area contributed by atoms with E-state index in [4.69, 9.17) is 0 Å². The van der Waals surface area contributed by atoms with Crippen LogP contribution in [0, 0.1) is 0 Å². The van der Waals surface area contributed by atoms with Crippen molar-refractivity contribution in [2.45, 2.75) is 233 Å². The lowest BCUT2D eigenvalue weighted by molar-refractivity contribution is -0.704. The van der Waals surface area contributed by atoms with Gasteiger partial charge >= 0.3 is 0 Å². The molecule has 0 N–H and O–H groups in total. The molecule has 0 bridgehead atoms. The second-order valence-corrected chi connectivity index (χ2v) is 13.4. The van der Waals surface area contributed by atoms with E-state index in [2.05, 4.69) is 42.3 Å². The van der Waals surface area contributed by atoms with E-state index in [9.17, 15) is 0 Å². The molecule has 0 spiro atoms. The number of nitrogens with zero attached hydrogens (tertiary/aromatic N) is 2. The standard InChI is InChI=1S/C39H77N2/c1-4-7-10-13-15-17-19-21-22-24-26-28-30-33-36-41-38-37-40(39(41)34-31-12-9-6-3)35-32-29-27-25-23-20-18-16-14-11-8-5-2/h37-38H,4-36H2,1-3H3/q+1. The highest BCUT2D eigenvalue weighted by molar-refractivity contribution is 4.84. The van der Waals surface area contributed by atoms with Crippen LogP contribution in [-0.2, 0) is 19.5 Å². The Morgan fingerprint density at radius 2 is 0.756 bits per heavy atom. The first kappa shape index (κ1) is 38.2. The van der Waals surface area contributed by atoms with Gasteiger partial charge in [0, 0.05) is 6.42 Å². The molecule has 0 aliphatic rings. The van der Waals surface area contributed by atoms with Crippen LogP contribution < -0.4 is 4.57 Å². The fourth-order valence-corrected chi connectivity index (χ4v) is 6.50. The van der Waals surface area contributed by atoms with Crippen molar-refractivity contribution < 1.29 is 4.57 Å². The Bertz CT molecular complexity index is 634. The molecule has 1 heterocycles. The first-order valence-corrected chi connectivity index (χ1v) is 19.4. The second-order valence-electron chi connectivity index (χ2n) is 13.4. The molecule has 2 nitrogen and oxygen atoms in total. The van der Waals surface area contributed by atoms with Gasteiger partial charge in [0.25, 0.3) is 5.82 Å². The van der Waals surface area contributed by atoms with E-state index < -0.39 is 0 Å². The average Bonchev–Trinajstić information content (AvgIpc) is 3.37. The lowest BCUT2D eigenvalue weighted by Crippen LogP contribution is -2.37. The molecule has 2 heteroatoms. The smallest absolute Gasteiger partial charge is 0.234 e. The summed E-state index contributed by atoms with van der Waals surface area (Å²) in [5.74, 6) is 1.61. The Balaban J connectivity index is 2.17. The maximum absolute atomic E-state index is 2.62. The first-order chi connectivity index (χ1) is 20.3. The summed E-state index contributed by atoms with van der Waals surface area (Å²) in [6.07, 6.45) is 48.9. The molecular formula is C39H77N2+. The average molecular weight is 574 g/mol. The van der Waals surface area contributed by atoms with Crippen LogP contribution in [0.1, 0.15) is 219 Å². The van der Waals surface area contributed by atoms with Gasteiger partial charge in [0.1, 0.15) is 12.4 Å². The monoisotopic (exact) mass is 574 g/mol. The number of aromatic nitrogens is 2. The topological polar surface area (TPSA) is 8.81 Å². The fraction of sp³-hybridized carbons (Fsp3) is 0.923. The Kier molecular flexibility index (Phi) is 28.6. The molecule has 41 heavy (non-hydrogen) atoms. The lowest BCUT2D eigenvalue weighted by atomic mass is 10.0. The van der Waals surface area contributed by atoms with Crippen LogP contribution in [0.15, 0.2) is 12.4 Å². The number of hydrogen-bond donors (Lipinski definition) is 0. The molecule has 0 saturated carbocycles. The van der Waals surface area contributed by atoms with Crippen LogP contribution >= 0.6 is 0 Å². The van der Waals surface area contributed by atoms with Crippen molar-refractivity contribution >= 4 is 0 Å². The summed E-state index contributed by atoms with van der Waals surface area (Å²) in [4.78, 5) is 0. The number of aryl methyl sites for hydroxylation is 2. The van der Waals surface area contributed by atoms with E-state index in [-0.39, 0.29) is 0 Å². The van der Waals surface area contributed by atoms with Gasteiger partial charge in [-0.05, 0) is 32.1 Å². The highest BCUT2D eigenvalue weighted by atomic mass is 15.1. The first-order valence-electron chi connectivity index (χ1n) is 19.4. The molecule has 0 unspecified atom stereocenters. The zero-order chi connectivity index (χ0) is 29.5. The molecule has 0 atom stereocenters. The van der Waals surface area contributed by atoms with E-state index in [1.165, 1.54) is 212 Å². The van der Waals surface area contributed by atoms with Crippen LogP contribution in [0.25, 0.3) is 0 Å². The highest BCUT2D eigenvalue weighted by Gasteiger charge is 2.16. The van der Waals surface area contributed by atoms with E-state index in [1.807, 2.05) is 0 Å². The van der Waals surface area contributed by atoms with Crippen molar-refractivity contribution in [1.82, 2.24) is 4.57 Å². The number of rotatable bonds is 33. The third kappa shape index (κ3) is 23.4. The summed E-state index contributed by atoms with van der Waals surface area (Å²) < 4.78 is 5.24. The Labute approximate surface area is 259 Å². The van der Waals surface area contributed by atoms with Crippen molar-refractivity contribution in [3.63, 3.8) is 0 Å². The van der Waals surface area contributed by atoms with Gasteiger partial charge in [0.2, 0.25) is 0 Å². The van der Waals surface area contributed by atoms with Gasteiger partial charge < -0.3 is 0 Å². The lowest BCUT2D eigenvalue weighted by Gasteiger charge is -2.07. The number of imidazole rings is 1. The van der Waals surface area contributed by atoms with Crippen LogP contribution in [0.2, 0.25) is 0 Å². The van der Waals surface area contributed by atoms with Crippen molar-refractivity contribution in [2.75, 3.05) is 0 Å². The van der Waals surface area contributed by atoms with Crippen LogP contribution in [0.3, 0.4) is 0 Å². The SMILES string of the molecule is CCCCCCCCCCCCCCCC[n+]1ccn(CCCCCCCCCCCCCC)c1CCCCCC. The molecule has 0 aliphatic carbocycles. The minimum atomic E-state index is 1.23. The molecule has 0 saturated heterocycles. The molecule has 0 radical (unpaired) electrons. The highest BCUT2D eigenvalue weighted by Crippen LogP contribution is 2.15. The molecule has 0 aromatic carbocycles. The predicted molar refractivity (Wildman–Crippen MR) is 184 cm³/mol. The molecular weight excluding hydrogens is 496 g/mol. The molecule has 0 fully saturated rings. The molecule has 1 aromatic rings. The van der Waals surface area contributed by atoms with Crippen LogP contribution in [0.5, 0.6) is 0 Å². The van der Waals surface area contributed by atoms with Gasteiger partial charge in [-0.15, -0.1) is 0 Å². The summed E-state index contributed by atoms with van der Waals surface area (Å²) in [6.45, 7) is 9.40. The minimum Gasteiger partial charge on any atom is -0.234 e. The normalized spacial score (nSPS) is 11.6. The zero-order valence-electron chi connectivity index (χ0n) is 28.9. The van der Waals surface area contributed by atoms with E-state index in [0.717, 1.165) is 0 Å². The van der Waals surface area contributed by atoms with Gasteiger partial charge in [-0.3, -0.25) is 0 Å². The predicted octanol–water partition coefficient (Wildman–Crippen LogP) is 13.1. The third-order valence-electron chi connectivity index (χ3n) is 9.35. The molecule has 0 aliphatic heterocycles. The molecule has 1 aromatic heterocycles. The number of unbranched alkanes of at least 4 members (excludes halogenated alkanes) is 27. The van der Waals surface area contributed by atoms with Crippen molar-refractivity contribution in [3.8, 4) is 0 Å². The summed E-state index contributed by atoms with van der Waals surface area (Å²) >= 11 is 0. The van der Waals surface area contributed by atoms with E-state index in [1.54, 1.807) is 5.82 Å². The molecule has 242 valence electrons. The minimum absolute atomic E-state index is 1.23. The Hall–Kier alpha value is -0.790. The van der Waals surface area contributed by atoms with Crippen LogP contribution in [0.4, 0.5) is 0 Å². The van der Waals surface area contributed by atoms with Crippen molar-refractivity contribution in [2.24, 2.45) is 0 Å². The Morgan fingerprint density at radius 3 is 1.17 bits per heavy atom. The van der Waals surface area contributed by atoms with Gasteiger partial charge in [0.15, 0.2) is 0 Å². The third-order valence-corrected chi connectivity index (χ3v) is 9.35. The zero-order valence-corrected chi connectivity index (χ0v) is 28.9. The van der Waals surface area contributed by atoms with Crippen molar-refractivity contribution in [1.29, 1.82) is 0 Å². The maximum Gasteiger partial charge on any atom is 0.256 e. The van der Waals surface area contributed by atoms with Crippen LogP contribution in [-0.4, -0.2) is 4.57 Å². The largest absolute Gasteiger partial charge is 0.256 e. The summed E-state index contributed by atoms with van der Waals surface area (Å²) in [5.41, 5.74) is 0. The molecule has 1 rings (SSSR count). The Morgan fingerprint density at radius 1 is 0.415 bits per heavy atom. The maximum atomic E-state index is 2.62. The van der Waals surface area contributed by atoms with Gasteiger partial charge in [-0.25, -0.2) is 9.13 Å². The molecule has 0 amide bonds. The summed E-state index contributed by atoms with van der Waals surface area (Å²) in [6, 6.07) is 0. The van der Waals surface area contributed by atoms with Gasteiger partial charge in [-0.1, -0.05) is 181 Å². The van der Waals surface area contributed by atoms with Gasteiger partial charge in [0.05, 0.1) is 13.1 Å². The van der Waals surface area contributed by atoms with Crippen molar-refractivity contribution in [3.05, 3.63) is 18.2 Å². The van der Waals surface area contributed by atoms with E-state index >= 15 is 0 Å². The second kappa shape index (κ2) is 30.7. The fourth-order valence-electron chi connectivity index (χ4n) is 6.50. The van der Waals surface area contributed by atoms with Gasteiger partial charge in [-0.2, -0.15) is 0 Å². The quantitative estimate of drug-likeness (QED) is 0.0584. The summed E-state index contributed by atoms with van der Waals surface area (Å²) in [5, 5.41) is 0. The summed E-state index contributed by atoms with van der Waals surface area (Å²) in [7, 11) is 0.